The molecule has 9 heteroatoms. The molecule has 0 aromatic heterocycles. The van der Waals surface area contributed by atoms with Crippen molar-refractivity contribution in [2.24, 2.45) is 0 Å². The molecule has 9 nitrogen and oxygen atoms in total. The number of amides is 1. The van der Waals surface area contributed by atoms with Crippen LogP contribution in [0.2, 0.25) is 0 Å². The Bertz CT molecular complexity index is 1400. The Kier molecular flexibility index (Phi) is 57.4. The molecular weight excluding hydrogens is 995 g/mol. The van der Waals surface area contributed by atoms with Gasteiger partial charge >= 0.3 is 0 Å². The molecule has 1 heterocycles. The second-order valence-corrected chi connectivity index (χ2v) is 24.3. The van der Waals surface area contributed by atoms with E-state index in [1.54, 1.807) is 0 Å². The van der Waals surface area contributed by atoms with Gasteiger partial charge in [-0.2, -0.15) is 0 Å². The Morgan fingerprint density at radius 3 is 1.15 bits per heavy atom. The zero-order valence-corrected chi connectivity index (χ0v) is 52.6. The van der Waals surface area contributed by atoms with Gasteiger partial charge in [-0.1, -0.05) is 332 Å². The lowest BCUT2D eigenvalue weighted by Crippen LogP contribution is -2.60. The molecule has 6 N–H and O–H groups in total. The molecular formula is C71H133NO8. The highest BCUT2D eigenvalue weighted by Gasteiger charge is 2.44. The number of carbonyl (C=O) groups is 1. The standard InChI is InChI=1S/C71H133NO8/c1-3-5-7-9-11-13-15-17-19-21-23-25-27-29-31-32-33-35-36-38-40-42-44-46-48-50-52-54-56-58-60-65(74)64(63-79-71-70(78)69(77)68(76)66(62-73)80-71)72-67(75)61-59-57-55-53-51-49-47-45-43-41-39-37-34-30-28-26-24-22-20-18-16-14-12-10-8-6-4-2/h6,8,12,14,18,20,24,26,64-66,68-71,73-74,76-78H,3-5,7,9-11,13,15-17,19,21-23,25,27-63H2,1-2H3,(H,72,75)/b8-6-,14-12-,20-18-,26-24-. The summed E-state index contributed by atoms with van der Waals surface area (Å²) in [5, 5.41) is 55.0. The summed E-state index contributed by atoms with van der Waals surface area (Å²) in [5.41, 5.74) is 0. The van der Waals surface area contributed by atoms with Crippen LogP contribution in [0.15, 0.2) is 48.6 Å². The highest BCUT2D eigenvalue weighted by molar-refractivity contribution is 5.76. The Hall–Kier alpha value is -1.85. The van der Waals surface area contributed by atoms with Crippen LogP contribution in [0, 0.1) is 0 Å². The summed E-state index contributed by atoms with van der Waals surface area (Å²) in [4.78, 5) is 13.1. The van der Waals surface area contributed by atoms with Crippen LogP contribution in [-0.2, 0) is 14.3 Å². The number of ether oxygens (including phenoxy) is 2. The van der Waals surface area contributed by atoms with Gasteiger partial charge in [0.2, 0.25) is 5.91 Å². The quantitative estimate of drug-likeness (QED) is 0.0261. The Morgan fingerprint density at radius 1 is 0.438 bits per heavy atom. The summed E-state index contributed by atoms with van der Waals surface area (Å²) in [6, 6.07) is -0.722. The molecule has 0 aromatic rings. The molecule has 0 saturated carbocycles. The van der Waals surface area contributed by atoms with E-state index in [1.165, 1.54) is 250 Å². The minimum atomic E-state index is -1.56. The zero-order chi connectivity index (χ0) is 57.9. The van der Waals surface area contributed by atoms with Gasteiger partial charge in [-0.25, -0.2) is 0 Å². The maximum Gasteiger partial charge on any atom is 0.220 e. The number of aliphatic hydroxyl groups excluding tert-OH is 5. The average Bonchev–Trinajstić information content (AvgIpc) is 3.46. The van der Waals surface area contributed by atoms with Crippen molar-refractivity contribution in [1.29, 1.82) is 0 Å². The molecule has 7 unspecified atom stereocenters. The minimum Gasteiger partial charge on any atom is -0.394 e. The number of aliphatic hydroxyl groups is 5. The van der Waals surface area contributed by atoms with Gasteiger partial charge in [0.15, 0.2) is 6.29 Å². The van der Waals surface area contributed by atoms with Gasteiger partial charge in [0.25, 0.3) is 0 Å². The lowest BCUT2D eigenvalue weighted by atomic mass is 9.99. The van der Waals surface area contributed by atoms with Crippen LogP contribution < -0.4 is 5.32 Å². The molecule has 0 bridgehead atoms. The molecule has 0 aliphatic carbocycles. The largest absolute Gasteiger partial charge is 0.394 e. The molecule has 470 valence electrons. The monoisotopic (exact) mass is 1130 g/mol. The number of hydrogen-bond donors (Lipinski definition) is 6. The minimum absolute atomic E-state index is 0.136. The van der Waals surface area contributed by atoms with Gasteiger partial charge < -0.3 is 40.3 Å². The third kappa shape index (κ3) is 48.5. The van der Waals surface area contributed by atoms with Crippen molar-refractivity contribution in [3.05, 3.63) is 48.6 Å². The highest BCUT2D eigenvalue weighted by Crippen LogP contribution is 2.24. The van der Waals surface area contributed by atoms with Crippen LogP contribution in [0.3, 0.4) is 0 Å². The van der Waals surface area contributed by atoms with Crippen LogP contribution in [0.25, 0.3) is 0 Å². The van der Waals surface area contributed by atoms with Crippen LogP contribution >= 0.6 is 0 Å². The van der Waals surface area contributed by atoms with Crippen LogP contribution in [0.5, 0.6) is 0 Å². The summed E-state index contributed by atoms with van der Waals surface area (Å²) in [6.45, 7) is 3.77. The molecule has 1 saturated heterocycles. The van der Waals surface area contributed by atoms with Crippen LogP contribution in [0.1, 0.15) is 341 Å². The molecule has 1 rings (SSSR count). The maximum absolute atomic E-state index is 13.1. The molecule has 0 radical (unpaired) electrons. The maximum atomic E-state index is 13.1. The molecule has 0 aromatic carbocycles. The normalized spacial score (nSPS) is 18.7. The van der Waals surface area contributed by atoms with Crippen molar-refractivity contribution in [2.45, 2.75) is 384 Å². The van der Waals surface area contributed by atoms with Crippen molar-refractivity contribution in [3.63, 3.8) is 0 Å². The summed E-state index contributed by atoms with van der Waals surface area (Å²) in [7, 11) is 0. The van der Waals surface area contributed by atoms with E-state index in [1.807, 2.05) is 0 Å². The molecule has 1 aliphatic rings. The Labute approximate surface area is 494 Å². The zero-order valence-electron chi connectivity index (χ0n) is 52.6. The molecule has 1 amide bonds. The first-order valence-corrected chi connectivity index (χ1v) is 34.8. The van der Waals surface area contributed by atoms with Gasteiger partial charge in [-0.15, -0.1) is 0 Å². The van der Waals surface area contributed by atoms with Crippen molar-refractivity contribution >= 4 is 5.91 Å². The van der Waals surface area contributed by atoms with E-state index >= 15 is 0 Å². The smallest absolute Gasteiger partial charge is 0.220 e. The second-order valence-electron chi connectivity index (χ2n) is 24.3. The van der Waals surface area contributed by atoms with Crippen molar-refractivity contribution < 1.29 is 39.8 Å². The van der Waals surface area contributed by atoms with E-state index in [4.69, 9.17) is 9.47 Å². The van der Waals surface area contributed by atoms with Crippen molar-refractivity contribution in [3.8, 4) is 0 Å². The van der Waals surface area contributed by atoms with Crippen LogP contribution in [-0.4, -0.2) is 87.5 Å². The molecule has 7 atom stereocenters. The van der Waals surface area contributed by atoms with E-state index in [-0.39, 0.29) is 12.5 Å². The summed E-state index contributed by atoms with van der Waals surface area (Å²) in [6.07, 6.45) is 74.6. The van der Waals surface area contributed by atoms with Gasteiger partial charge in [0.05, 0.1) is 25.4 Å². The first kappa shape index (κ1) is 76.2. The third-order valence-electron chi connectivity index (χ3n) is 16.7. The molecule has 0 spiro atoms. The molecule has 1 aliphatic heterocycles. The summed E-state index contributed by atoms with van der Waals surface area (Å²) >= 11 is 0. The van der Waals surface area contributed by atoms with Crippen molar-refractivity contribution in [1.82, 2.24) is 5.32 Å². The topological polar surface area (TPSA) is 149 Å². The molecule has 80 heavy (non-hydrogen) atoms. The third-order valence-corrected chi connectivity index (χ3v) is 16.7. The SMILES string of the molecule is CC/C=C\C/C=C\C/C=C\C/C=C\CCCCCCCCCCCCCCCCC(=O)NC(COC1OC(CO)C(O)C(O)C1O)C(O)CCCCCCCCCCCCCCCCCCCCCCCCCCCCCCCC. The van der Waals surface area contributed by atoms with Crippen LogP contribution in [0.4, 0.5) is 0 Å². The number of carbonyl (C=O) groups excluding carboxylic acids is 1. The van der Waals surface area contributed by atoms with Gasteiger partial charge in [0, 0.05) is 6.42 Å². The number of unbranched alkanes of at least 4 members (excludes halogenated alkanes) is 43. The first-order chi connectivity index (χ1) is 39.3. The molecule has 1 fully saturated rings. The summed E-state index contributed by atoms with van der Waals surface area (Å²) < 4.78 is 11.4. The van der Waals surface area contributed by atoms with Gasteiger partial charge in [0.1, 0.15) is 24.4 Å². The number of allylic oxidation sites excluding steroid dienone is 8. The lowest BCUT2D eigenvalue weighted by molar-refractivity contribution is -0.302. The van der Waals surface area contributed by atoms with E-state index < -0.39 is 49.5 Å². The van der Waals surface area contributed by atoms with Gasteiger partial charge in [-0.3, -0.25) is 4.79 Å². The number of rotatable bonds is 61. The highest BCUT2D eigenvalue weighted by atomic mass is 16.7. The fourth-order valence-electron chi connectivity index (χ4n) is 11.3. The Morgan fingerprint density at radius 2 is 0.775 bits per heavy atom. The predicted molar refractivity (Wildman–Crippen MR) is 341 cm³/mol. The number of hydrogen-bond acceptors (Lipinski definition) is 8. The first-order valence-electron chi connectivity index (χ1n) is 34.8. The number of nitrogens with one attached hydrogen (secondary N) is 1. The van der Waals surface area contributed by atoms with E-state index in [9.17, 15) is 30.3 Å². The van der Waals surface area contributed by atoms with E-state index in [2.05, 4.69) is 67.8 Å². The Balaban J connectivity index is 2.11. The summed E-state index contributed by atoms with van der Waals surface area (Å²) in [5.74, 6) is -0.141. The van der Waals surface area contributed by atoms with Crippen molar-refractivity contribution in [2.75, 3.05) is 13.2 Å². The second kappa shape index (κ2) is 60.3. The van der Waals surface area contributed by atoms with E-state index in [0.29, 0.717) is 12.8 Å². The van der Waals surface area contributed by atoms with E-state index in [0.717, 1.165) is 64.2 Å². The van der Waals surface area contributed by atoms with Gasteiger partial charge in [-0.05, 0) is 51.4 Å². The lowest BCUT2D eigenvalue weighted by Gasteiger charge is -2.40. The predicted octanol–water partition coefficient (Wildman–Crippen LogP) is 18.8. The average molecular weight is 1130 g/mol. The fourth-order valence-corrected chi connectivity index (χ4v) is 11.3. The fraction of sp³-hybridized carbons (Fsp3) is 0.873.